The molecule has 0 unspecified atom stereocenters. The lowest BCUT2D eigenvalue weighted by Crippen LogP contribution is -2.02. The summed E-state index contributed by atoms with van der Waals surface area (Å²) in [6, 6.07) is 8.10. The smallest absolute Gasteiger partial charge is 0.166 e. The second-order valence-electron chi connectivity index (χ2n) is 3.43. The second-order valence-corrected chi connectivity index (χ2v) is 3.83. The number of rotatable bonds is 3. The van der Waals surface area contributed by atoms with Gasteiger partial charge in [0.05, 0.1) is 10.7 Å². The Morgan fingerprint density at radius 2 is 2.19 bits per heavy atom. The zero-order valence-corrected chi connectivity index (χ0v) is 9.12. The predicted octanol–water partition coefficient (Wildman–Crippen LogP) is 3.14. The summed E-state index contributed by atoms with van der Waals surface area (Å²) in [5.41, 5.74) is 1.33. The summed E-state index contributed by atoms with van der Waals surface area (Å²) in [5, 5.41) is 0.104. The molecule has 1 heterocycles. The van der Waals surface area contributed by atoms with E-state index < -0.39 is 5.82 Å². The number of nitrogens with zero attached hydrogens (tertiary/aromatic N) is 1. The Labute approximate surface area is 97.3 Å². The van der Waals surface area contributed by atoms with Crippen molar-refractivity contribution in [2.24, 2.45) is 0 Å². The van der Waals surface area contributed by atoms with Crippen LogP contribution < -0.4 is 0 Å². The molecular formula is C12H9ClFNO. The summed E-state index contributed by atoms with van der Waals surface area (Å²) in [7, 11) is 0. The number of benzene rings is 1. The van der Waals surface area contributed by atoms with Gasteiger partial charge in [0, 0.05) is 12.7 Å². The molecule has 2 aromatic rings. The average molecular weight is 238 g/mol. The maximum absolute atomic E-state index is 13.2. The third-order valence-electron chi connectivity index (χ3n) is 2.32. The largest absolute Gasteiger partial charge is 0.341 e. The molecule has 0 aliphatic rings. The number of carbonyl (C=O) groups is 1. The van der Waals surface area contributed by atoms with Crippen LogP contribution in [-0.4, -0.2) is 10.9 Å². The number of carbonyl (C=O) groups excluding carboxylic acids is 1. The molecule has 1 aromatic heterocycles. The zero-order chi connectivity index (χ0) is 11.5. The van der Waals surface area contributed by atoms with Gasteiger partial charge in [-0.15, -0.1) is 0 Å². The third-order valence-corrected chi connectivity index (χ3v) is 2.63. The number of aromatic nitrogens is 1. The SMILES string of the molecule is O=Cc1cccn1Cc1ccc(Cl)c(F)c1. The highest BCUT2D eigenvalue weighted by molar-refractivity contribution is 6.30. The molecule has 0 saturated heterocycles. The summed E-state index contributed by atoms with van der Waals surface area (Å²) in [5.74, 6) is -0.445. The molecule has 0 spiro atoms. The van der Waals surface area contributed by atoms with E-state index in [0.717, 1.165) is 11.8 Å². The maximum atomic E-state index is 13.2. The highest BCUT2D eigenvalue weighted by atomic mass is 35.5. The van der Waals surface area contributed by atoms with E-state index >= 15 is 0 Å². The highest BCUT2D eigenvalue weighted by Crippen LogP contribution is 2.16. The summed E-state index contributed by atoms with van der Waals surface area (Å²) >= 11 is 5.58. The van der Waals surface area contributed by atoms with E-state index in [2.05, 4.69) is 0 Å². The normalized spacial score (nSPS) is 10.4. The molecule has 0 saturated carbocycles. The van der Waals surface area contributed by atoms with E-state index in [1.807, 2.05) is 0 Å². The van der Waals surface area contributed by atoms with Crippen LogP contribution >= 0.6 is 11.6 Å². The first kappa shape index (κ1) is 10.9. The fourth-order valence-corrected chi connectivity index (χ4v) is 1.63. The fourth-order valence-electron chi connectivity index (χ4n) is 1.51. The van der Waals surface area contributed by atoms with Crippen molar-refractivity contribution in [3.63, 3.8) is 0 Å². The molecule has 0 atom stereocenters. The number of halogens is 2. The van der Waals surface area contributed by atoms with Crippen molar-refractivity contribution in [3.05, 3.63) is 58.6 Å². The van der Waals surface area contributed by atoms with Crippen LogP contribution in [0, 0.1) is 5.82 Å². The van der Waals surface area contributed by atoms with Gasteiger partial charge < -0.3 is 4.57 Å². The van der Waals surface area contributed by atoms with Gasteiger partial charge in [-0.1, -0.05) is 17.7 Å². The van der Waals surface area contributed by atoms with Crippen LogP contribution in [0.5, 0.6) is 0 Å². The first-order chi connectivity index (χ1) is 7.70. The Hall–Kier alpha value is -1.61. The van der Waals surface area contributed by atoms with Crippen molar-refractivity contribution in [2.45, 2.75) is 6.54 Å². The minimum absolute atomic E-state index is 0.104. The fraction of sp³-hybridized carbons (Fsp3) is 0.0833. The molecule has 0 amide bonds. The highest BCUT2D eigenvalue weighted by Gasteiger charge is 2.03. The number of aldehydes is 1. The van der Waals surface area contributed by atoms with Gasteiger partial charge in [-0.3, -0.25) is 4.79 Å². The molecule has 0 aliphatic heterocycles. The Bertz CT molecular complexity index is 521. The van der Waals surface area contributed by atoms with Crippen LogP contribution in [0.25, 0.3) is 0 Å². The quantitative estimate of drug-likeness (QED) is 0.752. The first-order valence-electron chi connectivity index (χ1n) is 4.75. The van der Waals surface area contributed by atoms with Gasteiger partial charge in [0.25, 0.3) is 0 Å². The van der Waals surface area contributed by atoms with Gasteiger partial charge in [-0.25, -0.2) is 4.39 Å². The number of hydrogen-bond acceptors (Lipinski definition) is 1. The average Bonchev–Trinajstić information content (AvgIpc) is 2.71. The molecule has 1 aromatic carbocycles. The molecule has 0 bridgehead atoms. The lowest BCUT2D eigenvalue weighted by molar-refractivity contribution is 0.111. The van der Waals surface area contributed by atoms with Crippen molar-refractivity contribution in [1.29, 1.82) is 0 Å². The van der Waals surface area contributed by atoms with Gasteiger partial charge in [0.1, 0.15) is 5.82 Å². The standard InChI is InChI=1S/C12H9ClFNO/c13-11-4-3-9(6-12(11)14)7-15-5-1-2-10(15)8-16/h1-6,8H,7H2. The van der Waals surface area contributed by atoms with Crippen LogP contribution in [0.3, 0.4) is 0 Å². The van der Waals surface area contributed by atoms with Crippen LogP contribution in [0.1, 0.15) is 16.1 Å². The van der Waals surface area contributed by atoms with Crippen LogP contribution in [-0.2, 0) is 6.54 Å². The minimum atomic E-state index is -0.445. The Kier molecular flexibility index (Phi) is 3.06. The van der Waals surface area contributed by atoms with E-state index in [9.17, 15) is 9.18 Å². The summed E-state index contributed by atoms with van der Waals surface area (Å²) in [6.45, 7) is 0.454. The van der Waals surface area contributed by atoms with Crippen molar-refractivity contribution < 1.29 is 9.18 Å². The van der Waals surface area contributed by atoms with E-state index in [-0.39, 0.29) is 5.02 Å². The number of hydrogen-bond donors (Lipinski definition) is 0. The molecule has 0 aliphatic carbocycles. The van der Waals surface area contributed by atoms with Crippen molar-refractivity contribution in [3.8, 4) is 0 Å². The maximum Gasteiger partial charge on any atom is 0.166 e. The van der Waals surface area contributed by atoms with Gasteiger partial charge in [0.2, 0.25) is 0 Å². The Balaban J connectivity index is 2.27. The topological polar surface area (TPSA) is 22.0 Å². The first-order valence-corrected chi connectivity index (χ1v) is 5.13. The Morgan fingerprint density at radius 3 is 2.88 bits per heavy atom. The molecule has 2 rings (SSSR count). The van der Waals surface area contributed by atoms with Gasteiger partial charge in [0.15, 0.2) is 6.29 Å². The monoisotopic (exact) mass is 237 g/mol. The molecule has 16 heavy (non-hydrogen) atoms. The molecule has 2 nitrogen and oxygen atoms in total. The van der Waals surface area contributed by atoms with Crippen molar-refractivity contribution >= 4 is 17.9 Å². The predicted molar refractivity (Wildman–Crippen MR) is 60.3 cm³/mol. The molecule has 0 N–H and O–H groups in total. The van der Waals surface area contributed by atoms with E-state index in [0.29, 0.717) is 12.2 Å². The summed E-state index contributed by atoms with van der Waals surface area (Å²) in [6.07, 6.45) is 2.54. The molecule has 0 radical (unpaired) electrons. The van der Waals surface area contributed by atoms with Gasteiger partial charge in [-0.2, -0.15) is 0 Å². The zero-order valence-electron chi connectivity index (χ0n) is 8.36. The van der Waals surface area contributed by atoms with Crippen molar-refractivity contribution in [2.75, 3.05) is 0 Å². The summed E-state index contributed by atoms with van der Waals surface area (Å²) < 4.78 is 14.9. The van der Waals surface area contributed by atoms with Crippen molar-refractivity contribution in [1.82, 2.24) is 4.57 Å². The van der Waals surface area contributed by atoms with Crippen LogP contribution in [0.15, 0.2) is 36.5 Å². The summed E-state index contributed by atoms with van der Waals surface area (Å²) in [4.78, 5) is 10.7. The molecule has 82 valence electrons. The molecule has 4 heteroatoms. The van der Waals surface area contributed by atoms with Gasteiger partial charge >= 0.3 is 0 Å². The second kappa shape index (κ2) is 4.49. The van der Waals surface area contributed by atoms with Gasteiger partial charge in [-0.05, 0) is 29.8 Å². The molecular weight excluding hydrogens is 229 g/mol. The lowest BCUT2D eigenvalue weighted by atomic mass is 10.2. The van der Waals surface area contributed by atoms with E-state index in [1.165, 1.54) is 12.1 Å². The van der Waals surface area contributed by atoms with E-state index in [1.54, 1.807) is 29.0 Å². The van der Waals surface area contributed by atoms with Crippen LogP contribution in [0.2, 0.25) is 5.02 Å². The third kappa shape index (κ3) is 2.14. The Morgan fingerprint density at radius 1 is 1.38 bits per heavy atom. The van der Waals surface area contributed by atoms with Crippen LogP contribution in [0.4, 0.5) is 4.39 Å². The molecule has 0 fully saturated rings. The lowest BCUT2D eigenvalue weighted by Gasteiger charge is -2.06. The minimum Gasteiger partial charge on any atom is -0.341 e. The van der Waals surface area contributed by atoms with E-state index in [4.69, 9.17) is 11.6 Å².